The van der Waals surface area contributed by atoms with Gasteiger partial charge >= 0.3 is 12.0 Å². The summed E-state index contributed by atoms with van der Waals surface area (Å²) in [6.07, 6.45) is 0. The van der Waals surface area contributed by atoms with Gasteiger partial charge < -0.3 is 19.7 Å². The van der Waals surface area contributed by atoms with E-state index >= 15 is 0 Å². The highest BCUT2D eigenvalue weighted by Crippen LogP contribution is 2.38. The van der Waals surface area contributed by atoms with Crippen molar-refractivity contribution in [2.24, 2.45) is 0 Å². The normalized spacial score (nSPS) is 19.9. The predicted octanol–water partition coefficient (Wildman–Crippen LogP) is 4.75. The second-order valence-corrected chi connectivity index (χ2v) is 10.4. The molecule has 0 radical (unpaired) electrons. The second kappa shape index (κ2) is 12.9. The van der Waals surface area contributed by atoms with E-state index in [-0.39, 0.29) is 29.6 Å². The maximum absolute atomic E-state index is 13.4. The summed E-state index contributed by atoms with van der Waals surface area (Å²) < 4.78 is 10.7. The van der Waals surface area contributed by atoms with Gasteiger partial charge in [0.15, 0.2) is 0 Å². The minimum atomic E-state index is -0.828. The Balaban J connectivity index is 1.63. The van der Waals surface area contributed by atoms with Gasteiger partial charge in [-0.05, 0) is 56.7 Å². The van der Waals surface area contributed by atoms with E-state index < -0.39 is 12.0 Å². The van der Waals surface area contributed by atoms with Gasteiger partial charge in [0.05, 0.1) is 35.4 Å². The first kappa shape index (κ1) is 29.7. The van der Waals surface area contributed by atoms with Gasteiger partial charge in [0.2, 0.25) is 0 Å². The first-order valence-electron chi connectivity index (χ1n) is 13.3. The van der Waals surface area contributed by atoms with Crippen molar-refractivity contribution in [3.63, 3.8) is 0 Å². The number of carbonyl (C=O) groups excluding carboxylic acids is 3. The SMILES string of the molecule is CCOC(=O)C1=C(CN2CCN(C(=O)c3ccc(OC)cc3)[C@H](C)C2)N(CC)C(=O)N[C@@H]1c1cccc(Cl)c1Cl. The molecule has 0 aliphatic carbocycles. The van der Waals surface area contributed by atoms with E-state index in [1.807, 2.05) is 18.7 Å². The molecule has 1 N–H and O–H groups in total. The summed E-state index contributed by atoms with van der Waals surface area (Å²) in [5.74, 6) is 0.108. The van der Waals surface area contributed by atoms with Crippen molar-refractivity contribution in [1.82, 2.24) is 20.0 Å². The highest BCUT2D eigenvalue weighted by Gasteiger charge is 2.40. The van der Waals surface area contributed by atoms with E-state index in [1.165, 1.54) is 0 Å². The van der Waals surface area contributed by atoms with Gasteiger partial charge in [-0.15, -0.1) is 0 Å². The highest BCUT2D eigenvalue weighted by atomic mass is 35.5. The van der Waals surface area contributed by atoms with Gasteiger partial charge in [0.25, 0.3) is 5.91 Å². The maximum Gasteiger partial charge on any atom is 0.338 e. The van der Waals surface area contributed by atoms with Crippen LogP contribution in [0.25, 0.3) is 0 Å². The number of methoxy groups -OCH3 is 1. The van der Waals surface area contributed by atoms with Crippen LogP contribution in [0.4, 0.5) is 4.79 Å². The molecule has 2 atom stereocenters. The Hall–Kier alpha value is -3.27. The van der Waals surface area contributed by atoms with Crippen molar-refractivity contribution in [2.45, 2.75) is 32.9 Å². The Morgan fingerprint density at radius 3 is 2.42 bits per heavy atom. The van der Waals surface area contributed by atoms with E-state index in [9.17, 15) is 14.4 Å². The number of nitrogens with one attached hydrogen (secondary N) is 1. The lowest BCUT2D eigenvalue weighted by atomic mass is 9.93. The first-order valence-corrected chi connectivity index (χ1v) is 14.0. The molecular formula is C29H34Cl2N4O5. The van der Waals surface area contributed by atoms with Crippen LogP contribution in [-0.2, 0) is 9.53 Å². The van der Waals surface area contributed by atoms with Crippen LogP contribution in [0.2, 0.25) is 10.0 Å². The van der Waals surface area contributed by atoms with Crippen LogP contribution in [0.1, 0.15) is 42.7 Å². The van der Waals surface area contributed by atoms with Crippen molar-refractivity contribution in [3.05, 3.63) is 74.9 Å². The molecule has 2 aromatic rings. The van der Waals surface area contributed by atoms with Crippen LogP contribution in [-0.4, -0.2) is 85.1 Å². The Morgan fingerprint density at radius 1 is 1.07 bits per heavy atom. The van der Waals surface area contributed by atoms with Crippen molar-refractivity contribution in [2.75, 3.05) is 46.4 Å². The summed E-state index contributed by atoms with van der Waals surface area (Å²) in [6.45, 7) is 8.04. The minimum Gasteiger partial charge on any atom is -0.497 e. The maximum atomic E-state index is 13.4. The number of likely N-dealkylation sites (N-methyl/N-ethyl adjacent to an activating group) is 1. The third-order valence-electron chi connectivity index (χ3n) is 7.23. The molecule has 11 heteroatoms. The number of nitrogens with zero attached hydrogens (tertiary/aromatic N) is 3. The molecule has 40 heavy (non-hydrogen) atoms. The molecule has 3 amide bonds. The Kier molecular flexibility index (Phi) is 9.60. The van der Waals surface area contributed by atoms with Crippen LogP contribution in [0, 0.1) is 0 Å². The van der Waals surface area contributed by atoms with Crippen molar-refractivity contribution in [3.8, 4) is 5.75 Å². The molecule has 4 rings (SSSR count). The average molecular weight is 590 g/mol. The molecule has 1 saturated heterocycles. The fourth-order valence-corrected chi connectivity index (χ4v) is 5.64. The summed E-state index contributed by atoms with van der Waals surface area (Å²) in [6, 6.07) is 10.9. The number of benzene rings is 2. The summed E-state index contributed by atoms with van der Waals surface area (Å²) >= 11 is 12.8. The number of halogens is 2. The monoisotopic (exact) mass is 588 g/mol. The molecule has 0 spiro atoms. The van der Waals surface area contributed by atoms with Crippen LogP contribution >= 0.6 is 23.2 Å². The van der Waals surface area contributed by atoms with Crippen molar-refractivity contribution in [1.29, 1.82) is 0 Å². The number of carbonyl (C=O) groups is 3. The number of ether oxygens (including phenoxy) is 2. The summed E-state index contributed by atoms with van der Waals surface area (Å²) in [5, 5.41) is 3.51. The number of amides is 3. The molecule has 1 fully saturated rings. The molecule has 214 valence electrons. The molecule has 2 aliphatic heterocycles. The van der Waals surface area contributed by atoms with Gasteiger partial charge in [-0.2, -0.15) is 0 Å². The molecular weight excluding hydrogens is 555 g/mol. The smallest absolute Gasteiger partial charge is 0.338 e. The first-order chi connectivity index (χ1) is 19.2. The number of rotatable bonds is 8. The second-order valence-electron chi connectivity index (χ2n) is 9.66. The number of piperazine rings is 1. The van der Waals surface area contributed by atoms with Gasteiger partial charge in [0, 0.05) is 50.0 Å². The highest BCUT2D eigenvalue weighted by molar-refractivity contribution is 6.42. The van der Waals surface area contributed by atoms with Crippen LogP contribution in [0.3, 0.4) is 0 Å². The number of hydrogen-bond acceptors (Lipinski definition) is 6. The van der Waals surface area contributed by atoms with Gasteiger partial charge in [-0.25, -0.2) is 9.59 Å². The molecule has 0 aromatic heterocycles. The van der Waals surface area contributed by atoms with Crippen LogP contribution in [0.15, 0.2) is 53.7 Å². The summed E-state index contributed by atoms with van der Waals surface area (Å²) in [4.78, 5) is 45.4. The third kappa shape index (κ3) is 6.06. The Bertz CT molecular complexity index is 1300. The number of urea groups is 1. The molecule has 2 heterocycles. The average Bonchev–Trinajstić information content (AvgIpc) is 2.94. The van der Waals surface area contributed by atoms with Gasteiger partial charge in [-0.1, -0.05) is 35.3 Å². The van der Waals surface area contributed by atoms with Gasteiger partial charge in [0.1, 0.15) is 5.75 Å². The van der Waals surface area contributed by atoms with Crippen LogP contribution < -0.4 is 10.1 Å². The lowest BCUT2D eigenvalue weighted by molar-refractivity contribution is -0.139. The summed E-state index contributed by atoms with van der Waals surface area (Å²) in [5.41, 5.74) is 1.97. The molecule has 2 aliphatic rings. The fraction of sp³-hybridized carbons (Fsp3) is 0.414. The zero-order valence-electron chi connectivity index (χ0n) is 23.1. The number of esters is 1. The lowest BCUT2D eigenvalue weighted by Crippen LogP contribution is -2.56. The van der Waals surface area contributed by atoms with E-state index in [4.69, 9.17) is 32.7 Å². The molecule has 2 aromatic carbocycles. The van der Waals surface area contributed by atoms with E-state index in [2.05, 4.69) is 10.2 Å². The standard InChI is InChI=1S/C29H34Cl2N4O5/c1-5-34-23(17-33-14-15-35(18(3)16-33)27(36)19-10-12-20(39-4)13-11-19)24(28(37)40-6-2)26(32-29(34)38)21-8-7-9-22(30)25(21)31/h7-13,18,26H,5-6,14-17H2,1-4H3,(H,32,38)/t18-,26-/m1/s1. The van der Waals surface area contributed by atoms with E-state index in [0.717, 1.165) is 0 Å². The lowest BCUT2D eigenvalue weighted by Gasteiger charge is -2.43. The zero-order chi connectivity index (χ0) is 29.0. The minimum absolute atomic E-state index is 0.0517. The molecule has 0 saturated carbocycles. The molecule has 9 nitrogen and oxygen atoms in total. The zero-order valence-corrected chi connectivity index (χ0v) is 24.6. The molecule has 0 bridgehead atoms. The number of hydrogen-bond donors (Lipinski definition) is 1. The van der Waals surface area contributed by atoms with Gasteiger partial charge in [-0.3, -0.25) is 14.6 Å². The Labute approximate surface area is 244 Å². The topological polar surface area (TPSA) is 91.4 Å². The summed E-state index contributed by atoms with van der Waals surface area (Å²) in [7, 11) is 1.59. The Morgan fingerprint density at radius 2 is 1.80 bits per heavy atom. The van der Waals surface area contributed by atoms with Crippen molar-refractivity contribution < 1.29 is 23.9 Å². The quantitative estimate of drug-likeness (QED) is 0.447. The largest absolute Gasteiger partial charge is 0.497 e. The van der Waals surface area contributed by atoms with Crippen molar-refractivity contribution >= 4 is 41.1 Å². The van der Waals surface area contributed by atoms with Crippen LogP contribution in [0.5, 0.6) is 5.75 Å². The van der Waals surface area contributed by atoms with E-state index in [1.54, 1.807) is 61.4 Å². The fourth-order valence-electron chi connectivity index (χ4n) is 5.22. The van der Waals surface area contributed by atoms with E-state index in [0.29, 0.717) is 65.9 Å². The predicted molar refractivity (Wildman–Crippen MR) is 154 cm³/mol. The molecule has 0 unspecified atom stereocenters. The third-order valence-corrected chi connectivity index (χ3v) is 8.06.